The zero-order valence-corrected chi connectivity index (χ0v) is 8.70. The summed E-state index contributed by atoms with van der Waals surface area (Å²) in [6.07, 6.45) is 4.96. The molecule has 0 aliphatic carbocycles. The zero-order chi connectivity index (χ0) is 9.94. The molecule has 0 amide bonds. The molecule has 0 saturated carbocycles. The van der Waals surface area contributed by atoms with E-state index < -0.39 is 9.53 Å². The van der Waals surface area contributed by atoms with Gasteiger partial charge in [-0.25, -0.2) is 0 Å². The van der Waals surface area contributed by atoms with Gasteiger partial charge in [-0.1, -0.05) is 18.2 Å². The molecule has 0 rings (SSSR count). The van der Waals surface area contributed by atoms with Gasteiger partial charge in [-0.3, -0.25) is 0 Å². The van der Waals surface area contributed by atoms with Crippen LogP contribution in [0.25, 0.3) is 0 Å². The van der Waals surface area contributed by atoms with Gasteiger partial charge in [0.2, 0.25) is 0 Å². The Hall–Kier alpha value is -0.683. The van der Waals surface area contributed by atoms with Crippen LogP contribution in [0.2, 0.25) is 0 Å². The molecular weight excluding hydrogens is 184 g/mol. The summed E-state index contributed by atoms with van der Waals surface area (Å²) in [5, 5.41) is 0. The molecular formula is C9H15O3Si. The Morgan fingerprint density at radius 2 is 1.08 bits per heavy atom. The molecule has 13 heavy (non-hydrogen) atoms. The molecule has 0 aromatic heterocycles. The van der Waals surface area contributed by atoms with E-state index in [0.717, 1.165) is 0 Å². The Kier molecular flexibility index (Phi) is 8.91. The normalized spacial score (nSPS) is 9.92. The van der Waals surface area contributed by atoms with Gasteiger partial charge in [0.25, 0.3) is 0 Å². The van der Waals surface area contributed by atoms with Crippen molar-refractivity contribution in [2.24, 2.45) is 0 Å². The van der Waals surface area contributed by atoms with Crippen LogP contribution in [0.1, 0.15) is 0 Å². The van der Waals surface area contributed by atoms with Gasteiger partial charge in [-0.2, -0.15) is 0 Å². The maximum absolute atomic E-state index is 5.24. The zero-order valence-electron chi connectivity index (χ0n) is 7.70. The van der Waals surface area contributed by atoms with Gasteiger partial charge in [0, 0.05) is 0 Å². The third-order valence-electron chi connectivity index (χ3n) is 0.957. The smallest absolute Gasteiger partial charge is 0.367 e. The monoisotopic (exact) mass is 199 g/mol. The highest BCUT2D eigenvalue weighted by Crippen LogP contribution is 1.93. The van der Waals surface area contributed by atoms with Crippen molar-refractivity contribution in [3.63, 3.8) is 0 Å². The largest absolute Gasteiger partial charge is 0.578 e. The summed E-state index contributed by atoms with van der Waals surface area (Å²) in [6, 6.07) is 0. The van der Waals surface area contributed by atoms with E-state index in [-0.39, 0.29) is 0 Å². The Morgan fingerprint density at radius 3 is 1.31 bits per heavy atom. The van der Waals surface area contributed by atoms with Crippen molar-refractivity contribution in [1.29, 1.82) is 0 Å². The molecule has 0 aliphatic rings. The van der Waals surface area contributed by atoms with Gasteiger partial charge in [0.15, 0.2) is 0 Å². The van der Waals surface area contributed by atoms with E-state index in [1.165, 1.54) is 0 Å². The lowest BCUT2D eigenvalue weighted by Crippen LogP contribution is -2.27. The van der Waals surface area contributed by atoms with Crippen LogP contribution in [0.3, 0.4) is 0 Å². The summed E-state index contributed by atoms with van der Waals surface area (Å²) in [5.74, 6) is 0. The Labute approximate surface area is 81.3 Å². The van der Waals surface area contributed by atoms with Crippen molar-refractivity contribution >= 4 is 9.53 Å². The highest BCUT2D eigenvalue weighted by molar-refractivity contribution is 6.36. The highest BCUT2D eigenvalue weighted by Gasteiger charge is 2.16. The van der Waals surface area contributed by atoms with E-state index in [2.05, 4.69) is 19.7 Å². The second-order valence-corrected chi connectivity index (χ2v) is 3.42. The average molecular weight is 199 g/mol. The van der Waals surface area contributed by atoms with Gasteiger partial charge in [-0.15, -0.1) is 19.7 Å². The first-order valence-electron chi connectivity index (χ1n) is 3.93. The molecule has 0 heterocycles. The molecule has 0 N–H and O–H groups in total. The molecule has 73 valence electrons. The van der Waals surface area contributed by atoms with Crippen LogP contribution in [-0.2, 0) is 13.3 Å². The SMILES string of the molecule is C=CCO[Si](OCC=C)OCC=C. The van der Waals surface area contributed by atoms with E-state index in [0.29, 0.717) is 19.8 Å². The third kappa shape index (κ3) is 7.67. The predicted molar refractivity (Wildman–Crippen MR) is 54.2 cm³/mol. The second kappa shape index (κ2) is 9.41. The summed E-state index contributed by atoms with van der Waals surface area (Å²) in [6.45, 7) is 11.9. The fourth-order valence-corrected chi connectivity index (χ4v) is 1.52. The standard InChI is InChI=1S/C9H15O3Si/c1-4-7-10-13(11-8-5-2)12-9-6-3/h4-6H,1-3,7-9H2. The minimum absolute atomic E-state index is 0.433. The van der Waals surface area contributed by atoms with Gasteiger partial charge in [0.05, 0.1) is 19.8 Å². The Morgan fingerprint density at radius 1 is 0.769 bits per heavy atom. The van der Waals surface area contributed by atoms with Crippen molar-refractivity contribution in [3.8, 4) is 0 Å². The topological polar surface area (TPSA) is 27.7 Å². The second-order valence-electron chi connectivity index (χ2n) is 2.05. The maximum atomic E-state index is 5.24. The van der Waals surface area contributed by atoms with Crippen molar-refractivity contribution in [3.05, 3.63) is 38.0 Å². The summed E-state index contributed by atoms with van der Waals surface area (Å²) >= 11 is 0. The summed E-state index contributed by atoms with van der Waals surface area (Å²) in [5.41, 5.74) is 0. The lowest BCUT2D eigenvalue weighted by Gasteiger charge is -2.11. The van der Waals surface area contributed by atoms with E-state index in [1.807, 2.05) is 0 Å². The molecule has 1 radical (unpaired) electrons. The van der Waals surface area contributed by atoms with Crippen LogP contribution in [0.15, 0.2) is 38.0 Å². The third-order valence-corrected chi connectivity index (χ3v) is 2.16. The van der Waals surface area contributed by atoms with Crippen LogP contribution in [0, 0.1) is 0 Å². The number of hydrogen-bond donors (Lipinski definition) is 0. The lowest BCUT2D eigenvalue weighted by molar-refractivity contribution is 0.123. The highest BCUT2D eigenvalue weighted by atomic mass is 28.3. The van der Waals surface area contributed by atoms with E-state index in [4.69, 9.17) is 13.3 Å². The molecule has 4 heteroatoms. The maximum Gasteiger partial charge on any atom is 0.578 e. The minimum Gasteiger partial charge on any atom is -0.367 e. The summed E-state index contributed by atoms with van der Waals surface area (Å²) < 4.78 is 15.7. The fraction of sp³-hybridized carbons (Fsp3) is 0.333. The average Bonchev–Trinajstić information content (AvgIpc) is 2.17. The van der Waals surface area contributed by atoms with E-state index >= 15 is 0 Å². The lowest BCUT2D eigenvalue weighted by atomic mass is 10.7. The van der Waals surface area contributed by atoms with E-state index in [1.54, 1.807) is 18.2 Å². The van der Waals surface area contributed by atoms with Crippen molar-refractivity contribution in [2.45, 2.75) is 0 Å². The van der Waals surface area contributed by atoms with Gasteiger partial charge in [-0.05, 0) is 0 Å². The Bertz CT molecular complexity index is 130. The van der Waals surface area contributed by atoms with Crippen LogP contribution in [0.5, 0.6) is 0 Å². The molecule has 0 bridgehead atoms. The first kappa shape index (κ1) is 12.3. The molecule has 0 aromatic carbocycles. The van der Waals surface area contributed by atoms with Crippen molar-refractivity contribution < 1.29 is 13.3 Å². The molecule has 0 spiro atoms. The van der Waals surface area contributed by atoms with Gasteiger partial charge in [0.1, 0.15) is 0 Å². The predicted octanol–water partition coefficient (Wildman–Crippen LogP) is 1.58. The minimum atomic E-state index is -1.65. The molecule has 0 unspecified atom stereocenters. The van der Waals surface area contributed by atoms with Crippen LogP contribution in [0.4, 0.5) is 0 Å². The molecule has 0 aliphatic heterocycles. The Balaban J connectivity index is 3.64. The molecule has 3 nitrogen and oxygen atoms in total. The van der Waals surface area contributed by atoms with Crippen LogP contribution < -0.4 is 0 Å². The first-order chi connectivity index (χ1) is 6.35. The molecule has 0 saturated heterocycles. The van der Waals surface area contributed by atoms with Crippen molar-refractivity contribution in [2.75, 3.05) is 19.8 Å². The summed E-state index contributed by atoms with van der Waals surface area (Å²) in [7, 11) is -1.65. The molecule has 0 aromatic rings. The van der Waals surface area contributed by atoms with Gasteiger partial charge < -0.3 is 13.3 Å². The first-order valence-corrected chi connectivity index (χ1v) is 5.15. The van der Waals surface area contributed by atoms with Gasteiger partial charge >= 0.3 is 9.53 Å². The number of rotatable bonds is 9. The van der Waals surface area contributed by atoms with Crippen LogP contribution >= 0.6 is 0 Å². The fourth-order valence-electron chi connectivity index (χ4n) is 0.506. The number of hydrogen-bond acceptors (Lipinski definition) is 3. The summed E-state index contributed by atoms with van der Waals surface area (Å²) in [4.78, 5) is 0. The van der Waals surface area contributed by atoms with Crippen molar-refractivity contribution in [1.82, 2.24) is 0 Å². The quantitative estimate of drug-likeness (QED) is 0.417. The van der Waals surface area contributed by atoms with E-state index in [9.17, 15) is 0 Å². The molecule has 0 fully saturated rings. The molecule has 0 atom stereocenters. The van der Waals surface area contributed by atoms with Crippen LogP contribution in [-0.4, -0.2) is 29.3 Å².